The minimum absolute atomic E-state index is 0.120. The van der Waals surface area contributed by atoms with E-state index in [1.807, 2.05) is 25.3 Å². The summed E-state index contributed by atoms with van der Waals surface area (Å²) in [6.45, 7) is 3.85. The van der Waals surface area contributed by atoms with Gasteiger partial charge in [-0.05, 0) is 104 Å². The number of sulfonamides is 1. The van der Waals surface area contributed by atoms with Gasteiger partial charge in [-0.2, -0.15) is 0 Å². The number of hydrogen-bond acceptors (Lipinski definition) is 7. The summed E-state index contributed by atoms with van der Waals surface area (Å²) in [7, 11) is -3.75. The molecule has 3 aromatic carbocycles. The van der Waals surface area contributed by atoms with Crippen LogP contribution in [0.5, 0.6) is 0 Å². The molecule has 1 aliphatic rings. The first-order valence-electron chi connectivity index (χ1n) is 13.4. The lowest BCUT2D eigenvalue weighted by molar-refractivity contribution is -0.122. The standard InChI is InChI=1S/C29H32ClN5O2S.CH2O2/c1-3-19-14-20(15-21-17-32-29(34-28(19)21)33-24-9-7-23(31)8-10-24)27-12-11-25(13-18(27)2)35-38(36,37)26-6-4-5-22(30)16-26;2-1-3/h4-6,11-17,23-24,35H,3,7-10,31H2,1-2H3,(H,32,33,34);1H,(H,2,3). The van der Waals surface area contributed by atoms with Crippen molar-refractivity contribution >= 4 is 50.6 Å². The molecule has 11 heteroatoms. The van der Waals surface area contributed by atoms with Gasteiger partial charge in [0.2, 0.25) is 5.95 Å². The third-order valence-electron chi connectivity index (χ3n) is 7.14. The van der Waals surface area contributed by atoms with E-state index in [2.05, 4.69) is 34.1 Å². The number of carbonyl (C=O) groups is 1. The number of rotatable bonds is 7. The maximum atomic E-state index is 12.8. The van der Waals surface area contributed by atoms with Crippen molar-refractivity contribution < 1.29 is 18.3 Å². The molecule has 1 aliphatic carbocycles. The van der Waals surface area contributed by atoms with Gasteiger partial charge in [0.05, 0.1) is 10.4 Å². The molecule has 0 amide bonds. The molecule has 0 unspecified atom stereocenters. The molecule has 4 aromatic rings. The number of halogens is 1. The van der Waals surface area contributed by atoms with Gasteiger partial charge in [0.15, 0.2) is 0 Å². The SMILES string of the molecule is CCc1cc(-c2ccc(NS(=O)(=O)c3cccc(Cl)c3)cc2C)cc2cnc(NC3CCC(N)CC3)nc12.O=CO. The first-order chi connectivity index (χ1) is 19.6. The molecule has 41 heavy (non-hydrogen) atoms. The fourth-order valence-corrected chi connectivity index (χ4v) is 6.41. The van der Waals surface area contributed by atoms with Crippen LogP contribution in [0, 0.1) is 6.92 Å². The van der Waals surface area contributed by atoms with Crippen molar-refractivity contribution in [1.29, 1.82) is 0 Å². The van der Waals surface area contributed by atoms with E-state index in [9.17, 15) is 8.42 Å². The smallest absolute Gasteiger partial charge is 0.290 e. The van der Waals surface area contributed by atoms with Crippen molar-refractivity contribution in [1.82, 2.24) is 9.97 Å². The fraction of sp³-hybridized carbons (Fsp3) is 0.300. The second kappa shape index (κ2) is 13.3. The number of nitrogens with two attached hydrogens (primary N) is 1. The van der Waals surface area contributed by atoms with Gasteiger partial charge in [-0.25, -0.2) is 18.4 Å². The number of benzene rings is 3. The van der Waals surface area contributed by atoms with Crippen molar-refractivity contribution in [2.75, 3.05) is 10.0 Å². The summed E-state index contributed by atoms with van der Waals surface area (Å²) in [6.07, 6.45) is 6.82. The zero-order valence-corrected chi connectivity index (χ0v) is 24.5. The number of nitrogens with one attached hydrogen (secondary N) is 2. The third-order valence-corrected chi connectivity index (χ3v) is 8.76. The van der Waals surface area contributed by atoms with Gasteiger partial charge in [-0.1, -0.05) is 30.7 Å². The monoisotopic (exact) mass is 595 g/mol. The van der Waals surface area contributed by atoms with Crippen molar-refractivity contribution in [3.63, 3.8) is 0 Å². The summed E-state index contributed by atoms with van der Waals surface area (Å²) < 4.78 is 28.3. The van der Waals surface area contributed by atoms with Crippen LogP contribution in [0.15, 0.2) is 65.7 Å². The van der Waals surface area contributed by atoms with E-state index in [0.717, 1.165) is 65.3 Å². The largest absolute Gasteiger partial charge is 0.483 e. The Balaban J connectivity index is 0.00000124. The lowest BCUT2D eigenvalue weighted by Crippen LogP contribution is -2.33. The molecular formula is C30H34ClN5O4S. The quantitative estimate of drug-likeness (QED) is 0.190. The van der Waals surface area contributed by atoms with E-state index >= 15 is 0 Å². The van der Waals surface area contributed by atoms with E-state index in [4.69, 9.17) is 32.2 Å². The number of nitrogens with zero attached hydrogens (tertiary/aromatic N) is 2. The molecule has 5 N–H and O–H groups in total. The van der Waals surface area contributed by atoms with Gasteiger partial charge in [0.25, 0.3) is 16.5 Å². The molecule has 1 heterocycles. The molecule has 0 aliphatic heterocycles. The molecule has 9 nitrogen and oxygen atoms in total. The first kappa shape index (κ1) is 30.2. The van der Waals surface area contributed by atoms with Crippen LogP contribution in [0.1, 0.15) is 43.7 Å². The lowest BCUT2D eigenvalue weighted by Gasteiger charge is -2.26. The highest BCUT2D eigenvalue weighted by molar-refractivity contribution is 7.92. The highest BCUT2D eigenvalue weighted by Crippen LogP contribution is 2.32. The summed E-state index contributed by atoms with van der Waals surface area (Å²) in [4.78, 5) is 17.9. The maximum absolute atomic E-state index is 12.8. The molecule has 216 valence electrons. The van der Waals surface area contributed by atoms with Crippen LogP contribution in [0.3, 0.4) is 0 Å². The summed E-state index contributed by atoms with van der Waals surface area (Å²) in [5, 5.41) is 11.7. The summed E-state index contributed by atoms with van der Waals surface area (Å²) in [6, 6.07) is 16.7. The van der Waals surface area contributed by atoms with Gasteiger partial charge >= 0.3 is 0 Å². The predicted molar refractivity (Wildman–Crippen MR) is 164 cm³/mol. The summed E-state index contributed by atoms with van der Waals surface area (Å²) in [5.74, 6) is 0.660. The summed E-state index contributed by atoms with van der Waals surface area (Å²) >= 11 is 5.98. The Labute approximate surface area is 245 Å². The molecule has 5 rings (SSSR count). The van der Waals surface area contributed by atoms with Gasteiger partial charge in [-0.3, -0.25) is 9.52 Å². The number of carboxylic acid groups (broad SMARTS) is 1. The Morgan fingerprint density at radius 2 is 1.83 bits per heavy atom. The van der Waals surface area contributed by atoms with E-state index in [0.29, 0.717) is 28.7 Å². The van der Waals surface area contributed by atoms with Crippen molar-refractivity contribution in [2.45, 2.75) is 62.9 Å². The third kappa shape index (κ3) is 7.52. The molecular weight excluding hydrogens is 562 g/mol. The van der Waals surface area contributed by atoms with Crippen molar-refractivity contribution in [2.24, 2.45) is 5.73 Å². The van der Waals surface area contributed by atoms with Crippen molar-refractivity contribution in [3.8, 4) is 11.1 Å². The molecule has 1 aromatic heterocycles. The Morgan fingerprint density at radius 1 is 1.10 bits per heavy atom. The Hall–Kier alpha value is -3.73. The highest BCUT2D eigenvalue weighted by atomic mass is 35.5. The Bertz CT molecular complexity index is 1640. The van der Waals surface area contributed by atoms with Crippen molar-refractivity contribution in [3.05, 3.63) is 76.9 Å². The van der Waals surface area contributed by atoms with Gasteiger partial charge in [0, 0.05) is 34.4 Å². The van der Waals surface area contributed by atoms with Gasteiger partial charge < -0.3 is 16.2 Å². The predicted octanol–water partition coefficient (Wildman–Crippen LogP) is 6.00. The summed E-state index contributed by atoms with van der Waals surface area (Å²) in [5.41, 5.74) is 11.6. The molecule has 0 atom stereocenters. The second-order valence-corrected chi connectivity index (χ2v) is 12.2. The highest BCUT2D eigenvalue weighted by Gasteiger charge is 2.20. The van der Waals surface area contributed by atoms with Crippen LogP contribution >= 0.6 is 11.6 Å². The number of aryl methyl sites for hydroxylation is 2. The van der Waals surface area contributed by atoms with Crippen LogP contribution in [-0.4, -0.2) is 42.0 Å². The first-order valence-corrected chi connectivity index (χ1v) is 15.3. The lowest BCUT2D eigenvalue weighted by atomic mass is 9.92. The fourth-order valence-electron chi connectivity index (χ4n) is 5.06. The van der Waals surface area contributed by atoms with Gasteiger partial charge in [0.1, 0.15) is 0 Å². The molecule has 0 saturated heterocycles. The zero-order valence-electron chi connectivity index (χ0n) is 23.0. The molecule has 0 bridgehead atoms. The zero-order chi connectivity index (χ0) is 29.6. The normalized spacial score (nSPS) is 16.9. The average molecular weight is 596 g/mol. The Morgan fingerprint density at radius 3 is 2.49 bits per heavy atom. The van der Waals surface area contributed by atoms with E-state index in [1.54, 1.807) is 18.2 Å². The Kier molecular flexibility index (Phi) is 9.80. The molecule has 1 saturated carbocycles. The van der Waals surface area contributed by atoms with Crippen LogP contribution in [-0.2, 0) is 21.2 Å². The number of fused-ring (bicyclic) bond motifs is 1. The van der Waals surface area contributed by atoms with Crippen LogP contribution in [0.25, 0.3) is 22.0 Å². The maximum Gasteiger partial charge on any atom is 0.290 e. The average Bonchev–Trinajstić information content (AvgIpc) is 2.94. The van der Waals surface area contributed by atoms with Crippen LogP contribution < -0.4 is 15.8 Å². The number of aromatic nitrogens is 2. The van der Waals surface area contributed by atoms with Gasteiger partial charge in [-0.15, -0.1) is 0 Å². The molecule has 0 radical (unpaired) electrons. The van der Waals surface area contributed by atoms with Crippen LogP contribution in [0.2, 0.25) is 5.02 Å². The van der Waals surface area contributed by atoms with E-state index < -0.39 is 10.0 Å². The second-order valence-electron chi connectivity index (χ2n) is 10.1. The van der Waals surface area contributed by atoms with E-state index in [-0.39, 0.29) is 11.4 Å². The van der Waals surface area contributed by atoms with Crippen LogP contribution in [0.4, 0.5) is 11.6 Å². The number of hydrogen-bond donors (Lipinski definition) is 4. The molecule has 0 spiro atoms. The van der Waals surface area contributed by atoms with E-state index in [1.165, 1.54) is 12.1 Å². The topological polar surface area (TPSA) is 147 Å². The molecule has 1 fully saturated rings. The minimum atomic E-state index is -3.75. The minimum Gasteiger partial charge on any atom is -0.483 e. The number of anilines is 2.